The molecule has 0 radical (unpaired) electrons. The number of para-hydroxylation sites is 2. The zero-order valence-corrected chi connectivity index (χ0v) is 36.5. The van der Waals surface area contributed by atoms with Gasteiger partial charge in [-0.25, -0.2) is 4.33 Å². The third kappa shape index (κ3) is 5.80. The number of hydrogen-bond acceptors (Lipinski definition) is 2. The summed E-state index contributed by atoms with van der Waals surface area (Å²) in [6, 6.07) is 30.8. The maximum atomic E-state index is 15.3. The van der Waals surface area contributed by atoms with E-state index in [1.807, 2.05) is 4.33 Å². The smallest absolute Gasteiger partial charge is 0.275 e. The largest absolute Gasteiger partial charge is 0.302 e. The third-order valence-corrected chi connectivity index (χ3v) is 17.0. The molecule has 6 aromatic carbocycles. The zero-order valence-electron chi connectivity index (χ0n) is 34.7. The number of fused-ring (bicyclic) bond motifs is 1. The lowest BCUT2D eigenvalue weighted by atomic mass is 9.87. The van der Waals surface area contributed by atoms with Crippen molar-refractivity contribution in [1.29, 1.82) is 0 Å². The van der Waals surface area contributed by atoms with Crippen LogP contribution < -0.4 is 10.2 Å². The fourth-order valence-corrected chi connectivity index (χ4v) is 15.9. The van der Waals surface area contributed by atoms with Gasteiger partial charge in [-0.3, -0.25) is 13.7 Å². The van der Waals surface area contributed by atoms with E-state index in [0.29, 0.717) is 0 Å². The number of aryl methyl sites for hydroxylation is 12. The molecule has 2 bridgehead atoms. The number of hydrogen-bond donors (Lipinski definition) is 0. The Kier molecular flexibility index (Phi) is 9.31. The van der Waals surface area contributed by atoms with Crippen LogP contribution in [0.5, 0.6) is 0 Å². The van der Waals surface area contributed by atoms with Crippen LogP contribution in [0.15, 0.2) is 94.5 Å². The molecule has 0 spiro atoms. The van der Waals surface area contributed by atoms with E-state index in [4.69, 9.17) is 0 Å². The molecule has 4 nitrogen and oxygen atoms in total. The molecule has 6 heteroatoms. The van der Waals surface area contributed by atoms with Gasteiger partial charge >= 0.3 is 5.29 Å². The molecule has 0 saturated carbocycles. The summed E-state index contributed by atoms with van der Waals surface area (Å²) in [5, 5.41) is -0.0786. The van der Waals surface area contributed by atoms with Gasteiger partial charge in [-0.05, 0) is 150 Å². The zero-order chi connectivity index (χ0) is 40.1. The van der Waals surface area contributed by atoms with E-state index >= 15 is 4.79 Å². The van der Waals surface area contributed by atoms with E-state index in [0.717, 1.165) is 78.1 Å². The lowest BCUT2D eigenvalue weighted by Gasteiger charge is -2.24. The van der Waals surface area contributed by atoms with Crippen LogP contribution in [0.1, 0.15) is 66.8 Å². The van der Waals surface area contributed by atoms with Gasteiger partial charge in [0.05, 0.1) is 11.4 Å². The summed E-state index contributed by atoms with van der Waals surface area (Å²) in [4.78, 5) is 30.1. The van der Waals surface area contributed by atoms with Crippen LogP contribution >= 0.6 is 15.2 Å². The van der Waals surface area contributed by atoms with E-state index in [-0.39, 0.29) is 10.2 Å². The molecule has 0 N–H and O–H groups in total. The van der Waals surface area contributed by atoms with Gasteiger partial charge in [-0.2, -0.15) is 0 Å². The molecule has 0 fully saturated rings. The van der Waals surface area contributed by atoms with E-state index < -0.39 is 15.2 Å². The van der Waals surface area contributed by atoms with Crippen molar-refractivity contribution in [3.05, 3.63) is 171 Å². The van der Waals surface area contributed by atoms with Crippen molar-refractivity contribution in [3.63, 3.8) is 0 Å². The average molecular weight is 773 g/mol. The Morgan fingerprint density at radius 2 is 0.661 bits per heavy atom. The first-order chi connectivity index (χ1) is 26.6. The molecule has 0 amide bonds. The predicted molar refractivity (Wildman–Crippen MR) is 241 cm³/mol. The highest BCUT2D eigenvalue weighted by atomic mass is 31.2. The van der Waals surface area contributed by atoms with Crippen molar-refractivity contribution in [3.8, 4) is 55.9 Å². The normalized spacial score (nSPS) is 12.4. The molecule has 2 unspecified atom stereocenters. The fourth-order valence-electron chi connectivity index (χ4n) is 9.94. The molecule has 2 atom stereocenters. The molecule has 3 aromatic heterocycles. The molecule has 9 rings (SSSR count). The van der Waals surface area contributed by atoms with Crippen molar-refractivity contribution < 1.29 is 0 Å². The number of nitrogens with zero attached hydrogens (tertiary/aromatic N) is 2. The third-order valence-electron chi connectivity index (χ3n) is 11.5. The minimum absolute atomic E-state index is 0.0749. The first-order valence-electron chi connectivity index (χ1n) is 19.5. The van der Waals surface area contributed by atoms with Crippen LogP contribution in [-0.2, 0) is 0 Å². The summed E-state index contributed by atoms with van der Waals surface area (Å²) in [7, 11) is -3.53. The minimum Gasteiger partial charge on any atom is -0.275 e. The van der Waals surface area contributed by atoms with Crippen LogP contribution in [0.3, 0.4) is 0 Å². The van der Waals surface area contributed by atoms with Crippen molar-refractivity contribution in [2.24, 2.45) is 0 Å². The second-order valence-electron chi connectivity index (χ2n) is 16.3. The summed E-state index contributed by atoms with van der Waals surface area (Å²) >= 11 is 0. The Morgan fingerprint density at radius 3 is 0.946 bits per heavy atom. The maximum Gasteiger partial charge on any atom is 0.302 e. The number of benzene rings is 6. The van der Waals surface area contributed by atoms with Gasteiger partial charge in [0.1, 0.15) is 15.2 Å². The summed E-state index contributed by atoms with van der Waals surface area (Å²) in [5.41, 5.74) is 24.7. The van der Waals surface area contributed by atoms with Gasteiger partial charge < -0.3 is 0 Å². The van der Waals surface area contributed by atoms with Gasteiger partial charge in [-0.15, -0.1) is 0 Å². The van der Waals surface area contributed by atoms with E-state index in [9.17, 15) is 4.79 Å². The number of rotatable bonds is 6. The molecular weight excluding hydrogens is 723 g/mol. The van der Waals surface area contributed by atoms with Crippen molar-refractivity contribution in [2.75, 3.05) is 0 Å². The highest BCUT2D eigenvalue weighted by Gasteiger charge is 2.34. The second-order valence-corrected chi connectivity index (χ2v) is 20.5. The minimum atomic E-state index is -1.80. The lowest BCUT2D eigenvalue weighted by Crippen LogP contribution is -2.10. The Balaban J connectivity index is 1.55. The lowest BCUT2D eigenvalue weighted by molar-refractivity contribution is 1.15. The first kappa shape index (κ1) is 37.8. The molecular formula is C50H50N2O2P2. The Morgan fingerprint density at radius 1 is 0.393 bits per heavy atom. The Labute approximate surface area is 332 Å². The summed E-state index contributed by atoms with van der Waals surface area (Å²) in [6.07, 6.45) is 0. The number of aromatic nitrogens is 2. The molecule has 9 aromatic rings. The molecule has 0 aliphatic carbocycles. The van der Waals surface area contributed by atoms with Crippen molar-refractivity contribution in [2.45, 2.75) is 83.1 Å². The quantitative estimate of drug-likeness (QED) is 0.169. The molecule has 282 valence electrons. The van der Waals surface area contributed by atoms with Crippen LogP contribution in [-0.4, -0.2) is 8.42 Å². The average Bonchev–Trinajstić information content (AvgIpc) is 3.53. The van der Waals surface area contributed by atoms with Crippen molar-refractivity contribution in [1.82, 2.24) is 8.42 Å². The Bertz CT molecular complexity index is 2790. The van der Waals surface area contributed by atoms with Crippen molar-refractivity contribution >= 4 is 15.2 Å². The van der Waals surface area contributed by atoms with Gasteiger partial charge in [0.2, 0.25) is 0 Å². The van der Waals surface area contributed by atoms with E-state index in [2.05, 4.69) is 172 Å². The standard InChI is InChI=1S/C50H50N2O2P2/c1-27-19-31(5)43(32(6)20-27)39-15-13-16-40(44-33(7)21-28(2)22-34(44)8)47(39)51-49(53)55-50(54)56(51)52(55)48-41(45-35(9)23-29(3)24-36(45)10)17-14-18-42(48)46-37(11)25-30(4)26-38(46)12/h13-26H,1-12H3. The molecule has 0 aliphatic rings. The van der Waals surface area contributed by atoms with E-state index in [1.54, 1.807) is 0 Å². The second kappa shape index (κ2) is 13.8. The SMILES string of the molecule is Cc1cc(C)c(-c2cccc(-c3c(C)cc(C)cc3C)c2-n2c(=O)p3c(=O)p2n3-c2c(-c3c(C)cc(C)cc3C)cccc2-c2c(C)cc(C)cc2C)c(C)c1. The molecule has 0 aliphatic heterocycles. The maximum absolute atomic E-state index is 15.3. The molecule has 3 heterocycles. The van der Waals surface area contributed by atoms with Gasteiger partial charge in [0.15, 0.2) is 0 Å². The van der Waals surface area contributed by atoms with Crippen LogP contribution in [0.2, 0.25) is 0 Å². The first-order valence-corrected chi connectivity index (χ1v) is 22.0. The Hall–Kier alpha value is -5.14. The van der Waals surface area contributed by atoms with E-state index in [1.165, 1.54) is 44.5 Å². The monoisotopic (exact) mass is 772 g/mol. The van der Waals surface area contributed by atoms with Crippen LogP contribution in [0.4, 0.5) is 0 Å². The van der Waals surface area contributed by atoms with Gasteiger partial charge in [0.25, 0.3) is 4.89 Å². The topological polar surface area (TPSA) is 44.0 Å². The summed E-state index contributed by atoms with van der Waals surface area (Å²) in [5.74, 6) is 0. The summed E-state index contributed by atoms with van der Waals surface area (Å²) < 4.78 is 4.23. The fraction of sp³-hybridized carbons (Fsp3) is 0.240. The molecule has 56 heavy (non-hydrogen) atoms. The molecule has 0 saturated heterocycles. The highest BCUT2D eigenvalue weighted by Crippen LogP contribution is 2.51. The highest BCUT2D eigenvalue weighted by molar-refractivity contribution is 7.65. The van der Waals surface area contributed by atoms with Gasteiger partial charge in [0, 0.05) is 22.3 Å². The predicted octanol–water partition coefficient (Wildman–Crippen LogP) is 13.5. The van der Waals surface area contributed by atoms with Gasteiger partial charge in [-0.1, -0.05) is 107 Å². The van der Waals surface area contributed by atoms with Crippen LogP contribution in [0.25, 0.3) is 55.9 Å². The van der Waals surface area contributed by atoms with Crippen LogP contribution in [0, 0.1) is 83.1 Å². The summed E-state index contributed by atoms with van der Waals surface area (Å²) in [6.45, 7) is 25.9.